The number of carbonyl (C=O) groups is 1. The second kappa shape index (κ2) is 11.8. The predicted octanol–water partition coefficient (Wildman–Crippen LogP) is 8.26. The third kappa shape index (κ3) is 5.86. The molecular formula is C38H41N5O2. The zero-order valence-corrected chi connectivity index (χ0v) is 26.6. The van der Waals surface area contributed by atoms with E-state index in [1.165, 1.54) is 27.8 Å². The number of hydrogen-bond donors (Lipinski definition) is 2. The zero-order chi connectivity index (χ0) is 31.1. The van der Waals surface area contributed by atoms with Crippen molar-refractivity contribution in [2.45, 2.75) is 52.0 Å². The van der Waals surface area contributed by atoms with Gasteiger partial charge in [0, 0.05) is 36.0 Å². The molecule has 7 heteroatoms. The van der Waals surface area contributed by atoms with Gasteiger partial charge in [-0.25, -0.2) is 9.48 Å². The summed E-state index contributed by atoms with van der Waals surface area (Å²) in [5, 5.41) is 13.2. The number of carbonyl (C=O) groups excluding carboxylic acids is 1. The van der Waals surface area contributed by atoms with Crippen molar-refractivity contribution < 1.29 is 9.53 Å². The molecule has 1 unspecified atom stereocenters. The van der Waals surface area contributed by atoms with E-state index in [1.807, 2.05) is 30.3 Å². The zero-order valence-electron chi connectivity index (χ0n) is 26.6. The fraction of sp³-hybridized carbons (Fsp3) is 0.316. The molecule has 0 saturated carbocycles. The van der Waals surface area contributed by atoms with Crippen LogP contribution in [0.4, 0.5) is 16.3 Å². The van der Waals surface area contributed by atoms with Crippen LogP contribution in [0.2, 0.25) is 0 Å². The predicted molar refractivity (Wildman–Crippen MR) is 182 cm³/mol. The first-order chi connectivity index (χ1) is 21.7. The Bertz CT molecular complexity index is 1860. The van der Waals surface area contributed by atoms with Crippen molar-refractivity contribution in [3.05, 3.63) is 107 Å². The summed E-state index contributed by atoms with van der Waals surface area (Å²) in [7, 11) is 0. The van der Waals surface area contributed by atoms with Crippen molar-refractivity contribution in [3.63, 3.8) is 0 Å². The van der Waals surface area contributed by atoms with Crippen molar-refractivity contribution in [2.75, 3.05) is 36.9 Å². The molecule has 7 nitrogen and oxygen atoms in total. The minimum Gasteiger partial charge on any atom is -0.379 e. The fourth-order valence-electron chi connectivity index (χ4n) is 6.68. The Balaban J connectivity index is 1.16. The van der Waals surface area contributed by atoms with Crippen LogP contribution in [0.5, 0.6) is 0 Å². The topological polar surface area (TPSA) is 71.4 Å². The highest BCUT2D eigenvalue weighted by atomic mass is 16.5. The monoisotopic (exact) mass is 599 g/mol. The van der Waals surface area contributed by atoms with Gasteiger partial charge in [-0.3, -0.25) is 10.2 Å². The molecule has 0 spiro atoms. The minimum absolute atomic E-state index is 0.171. The number of rotatable bonds is 5. The van der Waals surface area contributed by atoms with E-state index in [-0.39, 0.29) is 11.4 Å². The molecule has 2 aliphatic rings. The van der Waals surface area contributed by atoms with Crippen LogP contribution in [-0.4, -0.2) is 47.0 Å². The molecule has 0 bridgehead atoms. The summed E-state index contributed by atoms with van der Waals surface area (Å²) in [6.45, 7) is 12.1. The van der Waals surface area contributed by atoms with Crippen LogP contribution in [0.1, 0.15) is 55.6 Å². The van der Waals surface area contributed by atoms with Gasteiger partial charge in [0.15, 0.2) is 0 Å². The Labute approximate surface area is 265 Å². The van der Waals surface area contributed by atoms with E-state index in [1.54, 1.807) is 4.68 Å². The number of nitrogens with one attached hydrogen (secondary N) is 2. The van der Waals surface area contributed by atoms with Gasteiger partial charge in [0.25, 0.3) is 0 Å². The lowest BCUT2D eigenvalue weighted by Crippen LogP contribution is -2.38. The van der Waals surface area contributed by atoms with Crippen LogP contribution in [0.15, 0.2) is 84.9 Å². The number of aryl methyl sites for hydroxylation is 2. The maximum absolute atomic E-state index is 13.5. The molecular weight excluding hydrogens is 558 g/mol. The third-order valence-electron chi connectivity index (χ3n) is 9.16. The lowest BCUT2D eigenvalue weighted by Gasteiger charge is -2.32. The van der Waals surface area contributed by atoms with E-state index in [9.17, 15) is 4.79 Å². The molecule has 45 heavy (non-hydrogen) atoms. The van der Waals surface area contributed by atoms with E-state index in [2.05, 4.69) is 97.8 Å². The lowest BCUT2D eigenvalue weighted by atomic mass is 9.92. The maximum Gasteiger partial charge on any atom is 0.324 e. The van der Waals surface area contributed by atoms with Gasteiger partial charge < -0.3 is 10.1 Å². The van der Waals surface area contributed by atoms with Crippen molar-refractivity contribution >= 4 is 28.3 Å². The molecule has 230 valence electrons. The Morgan fingerprint density at radius 2 is 1.64 bits per heavy atom. The average molecular weight is 600 g/mol. The van der Waals surface area contributed by atoms with Crippen LogP contribution in [-0.2, 0) is 16.6 Å². The van der Waals surface area contributed by atoms with Crippen LogP contribution in [0.3, 0.4) is 0 Å². The number of morpholine rings is 1. The van der Waals surface area contributed by atoms with E-state index >= 15 is 0 Å². The number of anilines is 2. The molecule has 1 fully saturated rings. The molecule has 1 saturated heterocycles. The molecule has 1 aliphatic heterocycles. The third-order valence-corrected chi connectivity index (χ3v) is 9.16. The SMILES string of the molecule is Cc1ccc(-n2nc(C(C)(C)C)cc2NC(=O)Nc2ccc(-c3ccc4c(c3)CCC4N3CCOCC3)c3ccccc23)cc1. The van der Waals surface area contributed by atoms with Gasteiger partial charge in [-0.05, 0) is 65.6 Å². The van der Waals surface area contributed by atoms with Crippen LogP contribution >= 0.6 is 0 Å². The number of nitrogens with zero attached hydrogens (tertiary/aromatic N) is 3. The molecule has 2 amide bonds. The van der Waals surface area contributed by atoms with Gasteiger partial charge in [-0.1, -0.05) is 87.0 Å². The molecule has 1 aromatic heterocycles. The van der Waals surface area contributed by atoms with Crippen molar-refractivity contribution in [1.29, 1.82) is 0 Å². The summed E-state index contributed by atoms with van der Waals surface area (Å²) in [4.78, 5) is 16.1. The Kier molecular flexibility index (Phi) is 7.68. The van der Waals surface area contributed by atoms with E-state index in [0.717, 1.165) is 67.0 Å². The van der Waals surface area contributed by atoms with Crippen LogP contribution in [0, 0.1) is 6.92 Å². The minimum atomic E-state index is -0.312. The number of ether oxygens (including phenoxy) is 1. The van der Waals surface area contributed by atoms with Gasteiger partial charge in [-0.15, -0.1) is 0 Å². The van der Waals surface area contributed by atoms with Crippen molar-refractivity contribution in [3.8, 4) is 16.8 Å². The number of benzene rings is 4. The summed E-state index contributed by atoms with van der Waals surface area (Å²) in [5.74, 6) is 0.621. The van der Waals surface area contributed by atoms with E-state index in [0.29, 0.717) is 11.9 Å². The highest BCUT2D eigenvalue weighted by molar-refractivity contribution is 6.09. The van der Waals surface area contributed by atoms with Gasteiger partial charge in [-0.2, -0.15) is 5.10 Å². The summed E-state index contributed by atoms with van der Waals surface area (Å²) in [6, 6.07) is 29.7. The summed E-state index contributed by atoms with van der Waals surface area (Å²) >= 11 is 0. The lowest BCUT2D eigenvalue weighted by molar-refractivity contribution is 0.0164. The molecule has 1 aliphatic carbocycles. The molecule has 5 aromatic rings. The van der Waals surface area contributed by atoms with Crippen molar-refractivity contribution in [1.82, 2.24) is 14.7 Å². The Hall–Kier alpha value is -4.46. The molecule has 7 rings (SSSR count). The number of aromatic nitrogens is 2. The fourth-order valence-corrected chi connectivity index (χ4v) is 6.68. The second-order valence-corrected chi connectivity index (χ2v) is 13.3. The highest BCUT2D eigenvalue weighted by Gasteiger charge is 2.29. The Morgan fingerprint density at radius 3 is 2.40 bits per heavy atom. The summed E-state index contributed by atoms with van der Waals surface area (Å²) in [6.07, 6.45) is 2.26. The first-order valence-corrected chi connectivity index (χ1v) is 16.0. The normalized spacial score (nSPS) is 16.9. The van der Waals surface area contributed by atoms with E-state index < -0.39 is 0 Å². The molecule has 2 N–H and O–H groups in total. The number of fused-ring (bicyclic) bond motifs is 2. The molecule has 2 heterocycles. The molecule has 1 atom stereocenters. The second-order valence-electron chi connectivity index (χ2n) is 13.3. The van der Waals surface area contributed by atoms with Gasteiger partial charge in [0.05, 0.1) is 30.3 Å². The number of amides is 2. The number of urea groups is 1. The van der Waals surface area contributed by atoms with Crippen LogP contribution in [0.25, 0.3) is 27.6 Å². The quantitative estimate of drug-likeness (QED) is 0.213. The standard InChI is InChI=1S/C38H41N5O2/c1-25-9-13-28(14-10-25)43-36(24-35(41-43)38(2,3)4)40-37(44)39-33-17-16-29(31-7-5-6-8-32(31)33)26-11-15-30-27(23-26)12-18-34(30)42-19-21-45-22-20-42/h5-11,13-17,23-24,34H,12,18-22H2,1-4H3,(H2,39,40,44). The maximum atomic E-state index is 13.5. The first kappa shape index (κ1) is 29.3. The molecule has 0 radical (unpaired) electrons. The van der Waals surface area contributed by atoms with Crippen molar-refractivity contribution in [2.24, 2.45) is 0 Å². The smallest absolute Gasteiger partial charge is 0.324 e. The van der Waals surface area contributed by atoms with Gasteiger partial charge >= 0.3 is 6.03 Å². The van der Waals surface area contributed by atoms with E-state index in [4.69, 9.17) is 9.84 Å². The number of hydrogen-bond acceptors (Lipinski definition) is 4. The molecule has 4 aromatic carbocycles. The van der Waals surface area contributed by atoms with Gasteiger partial charge in [0.2, 0.25) is 0 Å². The summed E-state index contributed by atoms with van der Waals surface area (Å²) in [5.41, 5.74) is 8.83. The average Bonchev–Trinajstić information content (AvgIpc) is 3.66. The largest absolute Gasteiger partial charge is 0.379 e. The van der Waals surface area contributed by atoms with Crippen LogP contribution < -0.4 is 10.6 Å². The summed E-state index contributed by atoms with van der Waals surface area (Å²) < 4.78 is 7.40. The first-order valence-electron chi connectivity index (χ1n) is 16.0. The highest BCUT2D eigenvalue weighted by Crippen LogP contribution is 2.40. The Morgan fingerprint density at radius 1 is 0.889 bits per heavy atom. The van der Waals surface area contributed by atoms with Gasteiger partial charge in [0.1, 0.15) is 5.82 Å².